The van der Waals surface area contributed by atoms with E-state index in [1.807, 2.05) is 0 Å². The average Bonchev–Trinajstić information content (AvgIpc) is 2.86. The molecule has 1 aromatic carbocycles. The Balaban J connectivity index is 0.00000264. The van der Waals surface area contributed by atoms with E-state index in [2.05, 4.69) is 53.7 Å². The van der Waals surface area contributed by atoms with Crippen molar-refractivity contribution in [2.45, 2.75) is 77.7 Å². The van der Waals surface area contributed by atoms with Gasteiger partial charge >= 0.3 is 0 Å². The fourth-order valence-electron chi connectivity index (χ4n) is 3.29. The maximum Gasteiger partial charge on any atom is 0.244 e. The van der Waals surface area contributed by atoms with Gasteiger partial charge in [-0.1, -0.05) is 70.4 Å². The number of para-hydroxylation sites is 2. The molecular formula is C20H33ClN2. The zero-order chi connectivity index (χ0) is 15.6. The summed E-state index contributed by atoms with van der Waals surface area (Å²) < 4.78 is 4.63. The fraction of sp³-hybridized carbons (Fsp3) is 0.650. The number of halogens is 1. The third kappa shape index (κ3) is 6.55. The van der Waals surface area contributed by atoms with Gasteiger partial charge in [0.1, 0.15) is 0 Å². The predicted octanol–water partition coefficient (Wildman–Crippen LogP) is 2.39. The van der Waals surface area contributed by atoms with E-state index in [1.54, 1.807) is 0 Å². The second-order valence-corrected chi connectivity index (χ2v) is 6.59. The van der Waals surface area contributed by atoms with Crippen molar-refractivity contribution in [2.75, 3.05) is 0 Å². The third-order valence-corrected chi connectivity index (χ3v) is 4.64. The second kappa shape index (κ2) is 11.5. The van der Waals surface area contributed by atoms with Crippen molar-refractivity contribution in [1.82, 2.24) is 4.57 Å². The number of benzene rings is 1. The first-order valence-electron chi connectivity index (χ1n) is 9.26. The van der Waals surface area contributed by atoms with Crippen LogP contribution in [0.15, 0.2) is 30.6 Å². The van der Waals surface area contributed by atoms with E-state index in [0.29, 0.717) is 0 Å². The van der Waals surface area contributed by atoms with Gasteiger partial charge < -0.3 is 12.4 Å². The van der Waals surface area contributed by atoms with Crippen molar-refractivity contribution < 1.29 is 17.0 Å². The Morgan fingerprint density at radius 3 is 2.04 bits per heavy atom. The van der Waals surface area contributed by atoms with E-state index in [-0.39, 0.29) is 12.4 Å². The van der Waals surface area contributed by atoms with Crippen molar-refractivity contribution in [3.63, 3.8) is 0 Å². The Morgan fingerprint density at radius 1 is 0.826 bits per heavy atom. The summed E-state index contributed by atoms with van der Waals surface area (Å²) in [6.45, 7) is 3.44. The van der Waals surface area contributed by atoms with Crippen LogP contribution in [0, 0.1) is 0 Å². The maximum atomic E-state index is 2.40. The first-order valence-corrected chi connectivity index (χ1v) is 9.26. The van der Waals surface area contributed by atoms with Gasteiger partial charge in [0.15, 0.2) is 11.0 Å². The van der Waals surface area contributed by atoms with Crippen molar-refractivity contribution >= 4 is 11.0 Å². The van der Waals surface area contributed by atoms with Crippen molar-refractivity contribution in [1.29, 1.82) is 0 Å². The van der Waals surface area contributed by atoms with Crippen LogP contribution in [-0.2, 0) is 13.6 Å². The highest BCUT2D eigenvalue weighted by Crippen LogP contribution is 2.13. The molecule has 0 saturated heterocycles. The number of hydrogen-bond acceptors (Lipinski definition) is 0. The molecule has 2 rings (SSSR count). The third-order valence-electron chi connectivity index (χ3n) is 4.64. The number of imidazole rings is 1. The quantitative estimate of drug-likeness (QED) is 0.440. The van der Waals surface area contributed by atoms with Crippen LogP contribution in [0.3, 0.4) is 0 Å². The first-order chi connectivity index (χ1) is 10.8. The van der Waals surface area contributed by atoms with Gasteiger partial charge in [-0.2, -0.15) is 0 Å². The summed E-state index contributed by atoms with van der Waals surface area (Å²) in [4.78, 5) is 0. The Bertz CT molecular complexity index is 548. The molecule has 0 atom stereocenters. The van der Waals surface area contributed by atoms with E-state index in [4.69, 9.17) is 0 Å². The number of nitrogens with zero attached hydrogens (tertiary/aromatic N) is 2. The highest BCUT2D eigenvalue weighted by molar-refractivity contribution is 5.71. The fourth-order valence-corrected chi connectivity index (χ4v) is 3.29. The lowest BCUT2D eigenvalue weighted by Gasteiger charge is -2.02. The van der Waals surface area contributed by atoms with Gasteiger partial charge in [0.25, 0.3) is 0 Å². The van der Waals surface area contributed by atoms with E-state index in [9.17, 15) is 0 Å². The minimum Gasteiger partial charge on any atom is -1.00 e. The molecule has 23 heavy (non-hydrogen) atoms. The first kappa shape index (κ1) is 20.0. The Kier molecular flexibility index (Phi) is 10.0. The molecule has 2 aromatic rings. The topological polar surface area (TPSA) is 8.81 Å². The standard InChI is InChI=1S/C20H33N2.ClH/c1-3-4-5-6-7-8-9-10-11-14-17-22-18-21(2)19-15-12-13-16-20(19)22;/h12-13,15-16,18H,3-11,14,17H2,1-2H3;1H/q+1;/p-1. The van der Waals surface area contributed by atoms with Crippen molar-refractivity contribution in [3.8, 4) is 0 Å². The van der Waals surface area contributed by atoms with Gasteiger partial charge in [-0.05, 0) is 25.0 Å². The van der Waals surface area contributed by atoms with E-state index >= 15 is 0 Å². The van der Waals surface area contributed by atoms with Crippen LogP contribution in [0.5, 0.6) is 0 Å². The smallest absolute Gasteiger partial charge is 0.244 e. The molecule has 0 saturated carbocycles. The summed E-state index contributed by atoms with van der Waals surface area (Å²) in [5.74, 6) is 0. The number of hydrogen-bond donors (Lipinski definition) is 0. The van der Waals surface area contributed by atoms with Gasteiger partial charge in [-0.25, -0.2) is 9.13 Å². The van der Waals surface area contributed by atoms with Crippen LogP contribution in [0.2, 0.25) is 0 Å². The monoisotopic (exact) mass is 336 g/mol. The summed E-state index contributed by atoms with van der Waals surface area (Å²) in [6, 6.07) is 8.68. The Labute approximate surface area is 148 Å². The van der Waals surface area contributed by atoms with Crippen molar-refractivity contribution in [2.24, 2.45) is 7.05 Å². The van der Waals surface area contributed by atoms with Gasteiger partial charge in [-0.15, -0.1) is 0 Å². The largest absolute Gasteiger partial charge is 1.00 e. The summed E-state index contributed by atoms with van der Waals surface area (Å²) in [6.07, 6.45) is 16.3. The Hall–Kier alpha value is -1.02. The number of fused-ring (bicyclic) bond motifs is 1. The van der Waals surface area contributed by atoms with Crippen LogP contribution in [-0.4, -0.2) is 4.57 Å². The summed E-state index contributed by atoms with van der Waals surface area (Å²) in [5.41, 5.74) is 2.69. The highest BCUT2D eigenvalue weighted by atomic mass is 35.5. The molecular weight excluding hydrogens is 304 g/mol. The van der Waals surface area contributed by atoms with Gasteiger partial charge in [0, 0.05) is 0 Å². The zero-order valence-corrected chi connectivity index (χ0v) is 15.7. The minimum atomic E-state index is 0. The SMILES string of the molecule is CCCCCCCCCCCCn1c[n+](C)c2ccccc21.[Cl-]. The average molecular weight is 337 g/mol. The molecule has 1 heterocycles. The molecule has 0 amide bonds. The summed E-state index contributed by atoms with van der Waals surface area (Å²) >= 11 is 0. The Morgan fingerprint density at radius 2 is 1.39 bits per heavy atom. The van der Waals surface area contributed by atoms with Crippen LogP contribution in [0.4, 0.5) is 0 Å². The van der Waals surface area contributed by atoms with Crippen LogP contribution in [0.25, 0.3) is 11.0 Å². The predicted molar refractivity (Wildman–Crippen MR) is 95.0 cm³/mol. The van der Waals surface area contributed by atoms with Crippen LogP contribution >= 0.6 is 0 Å². The number of unbranched alkanes of at least 4 members (excludes halogenated alkanes) is 9. The molecule has 0 N–H and O–H groups in total. The second-order valence-electron chi connectivity index (χ2n) is 6.59. The molecule has 0 aliphatic carbocycles. The molecule has 3 heteroatoms. The number of aromatic nitrogens is 2. The maximum absolute atomic E-state index is 2.40. The molecule has 130 valence electrons. The van der Waals surface area contributed by atoms with Gasteiger partial charge in [0.05, 0.1) is 13.6 Å². The molecule has 1 aromatic heterocycles. The molecule has 0 bridgehead atoms. The molecule has 0 aliphatic rings. The summed E-state index contributed by atoms with van der Waals surface area (Å²) in [7, 11) is 2.14. The highest BCUT2D eigenvalue weighted by Gasteiger charge is 2.11. The number of rotatable bonds is 11. The minimum absolute atomic E-state index is 0. The number of aryl methyl sites for hydroxylation is 2. The lowest BCUT2D eigenvalue weighted by atomic mass is 10.1. The van der Waals surface area contributed by atoms with Gasteiger partial charge in [-0.3, -0.25) is 0 Å². The summed E-state index contributed by atoms with van der Waals surface area (Å²) in [5, 5.41) is 0. The normalized spacial score (nSPS) is 10.9. The van der Waals surface area contributed by atoms with E-state index in [0.717, 1.165) is 6.54 Å². The molecule has 0 aliphatic heterocycles. The molecule has 0 unspecified atom stereocenters. The van der Waals surface area contributed by atoms with Crippen molar-refractivity contribution in [3.05, 3.63) is 30.6 Å². The van der Waals surface area contributed by atoms with Crippen LogP contribution < -0.4 is 17.0 Å². The van der Waals surface area contributed by atoms with E-state index in [1.165, 1.54) is 75.2 Å². The zero-order valence-electron chi connectivity index (χ0n) is 14.9. The lowest BCUT2D eigenvalue weighted by molar-refractivity contribution is -0.645. The molecule has 2 nitrogen and oxygen atoms in total. The van der Waals surface area contributed by atoms with Gasteiger partial charge in [0.2, 0.25) is 6.33 Å². The molecule has 0 radical (unpaired) electrons. The lowest BCUT2D eigenvalue weighted by Crippen LogP contribution is -3.00. The van der Waals surface area contributed by atoms with E-state index < -0.39 is 0 Å². The molecule has 0 fully saturated rings. The van der Waals surface area contributed by atoms with Crippen LogP contribution in [0.1, 0.15) is 71.1 Å². The molecule has 0 spiro atoms.